The molecule has 7 rings (SSSR count). The third-order valence-corrected chi connectivity index (χ3v) is 10.4. The number of benzene rings is 7. The zero-order valence-corrected chi connectivity index (χ0v) is 32.6. The molecule has 0 unspecified atom stereocenters. The molecule has 1 N–H and O–H groups in total. The van der Waals surface area contributed by atoms with Crippen molar-refractivity contribution in [2.24, 2.45) is 0 Å². The van der Waals surface area contributed by atoms with Gasteiger partial charge in [-0.05, 0) is 113 Å². The molecule has 3 nitrogen and oxygen atoms in total. The van der Waals surface area contributed by atoms with Gasteiger partial charge in [0, 0.05) is 37.6 Å². The van der Waals surface area contributed by atoms with E-state index in [2.05, 4.69) is 200 Å². The summed E-state index contributed by atoms with van der Waals surface area (Å²) in [4.78, 5) is 4.80. The topological polar surface area (TPSA) is 26.7 Å². The van der Waals surface area contributed by atoms with E-state index in [0.29, 0.717) is 0 Å². The van der Waals surface area contributed by atoms with E-state index in [9.17, 15) is 5.11 Å². The van der Waals surface area contributed by atoms with Crippen LogP contribution in [0.15, 0.2) is 170 Å². The van der Waals surface area contributed by atoms with Crippen LogP contribution in [0.25, 0.3) is 46.6 Å². The molecule has 0 aliphatic carbocycles. The third kappa shape index (κ3) is 9.93. The number of rotatable bonds is 14. The molecule has 0 amide bonds. The Morgan fingerprint density at radius 1 is 0.375 bits per heavy atom. The molecule has 0 heterocycles. The lowest BCUT2D eigenvalue weighted by Crippen LogP contribution is -2.21. The van der Waals surface area contributed by atoms with Crippen LogP contribution >= 0.6 is 0 Å². The molecule has 0 spiro atoms. The largest absolute Gasteiger partial charge is 0.508 e. The molecule has 7 aromatic rings. The molecule has 0 radical (unpaired) electrons. The van der Waals surface area contributed by atoms with E-state index in [-0.39, 0.29) is 5.75 Å². The first-order chi connectivity index (χ1) is 27.4. The third-order valence-electron chi connectivity index (χ3n) is 10.4. The van der Waals surface area contributed by atoms with Crippen molar-refractivity contribution in [3.8, 4) is 28.0 Å². The summed E-state index contributed by atoms with van der Waals surface area (Å²) >= 11 is 0. The number of phenols is 1. The number of aromatic hydroxyl groups is 1. The van der Waals surface area contributed by atoms with Crippen molar-refractivity contribution in [3.05, 3.63) is 209 Å². The maximum atomic E-state index is 9.59. The number of phenolic OH excluding ortho intramolecular Hbond substituents is 1. The SMILES string of the molecule is CCN(Cc1ccc(-c2ccc(C)cc2)cc1)c1ccc(C=Cc2ccc(C=Cc3ccc(N(CC)Cc4ccc(-c5ccc(O)cc5)cc4)cc3)cc2)cc1. The molecule has 0 bridgehead atoms. The number of hydrogen-bond donors (Lipinski definition) is 1. The Hall–Kier alpha value is -6.58. The predicted octanol–water partition coefficient (Wildman–Crippen LogP) is 13.4. The van der Waals surface area contributed by atoms with Crippen LogP contribution in [0.2, 0.25) is 0 Å². The van der Waals surface area contributed by atoms with Crippen LogP contribution in [0.3, 0.4) is 0 Å². The van der Waals surface area contributed by atoms with Gasteiger partial charge in [0.15, 0.2) is 0 Å². The van der Waals surface area contributed by atoms with Crippen molar-refractivity contribution in [2.45, 2.75) is 33.9 Å². The van der Waals surface area contributed by atoms with Crippen LogP contribution in [0, 0.1) is 6.92 Å². The molecule has 278 valence electrons. The second kappa shape index (κ2) is 18.2. The van der Waals surface area contributed by atoms with Gasteiger partial charge in [0.1, 0.15) is 5.75 Å². The van der Waals surface area contributed by atoms with Crippen LogP contribution < -0.4 is 9.80 Å². The lowest BCUT2D eigenvalue weighted by molar-refractivity contribution is 0.475. The average Bonchev–Trinajstić information content (AvgIpc) is 3.25. The van der Waals surface area contributed by atoms with E-state index in [1.165, 1.54) is 61.4 Å². The highest BCUT2D eigenvalue weighted by atomic mass is 16.3. The quantitative estimate of drug-likeness (QED) is 0.113. The van der Waals surface area contributed by atoms with E-state index in [4.69, 9.17) is 0 Å². The fraction of sp³-hybridized carbons (Fsp3) is 0.132. The van der Waals surface area contributed by atoms with Crippen molar-refractivity contribution in [2.75, 3.05) is 22.9 Å². The monoisotopic (exact) mass is 730 g/mol. The minimum atomic E-state index is 0.286. The fourth-order valence-electron chi connectivity index (χ4n) is 6.91. The molecule has 0 fully saturated rings. The number of nitrogens with zero attached hydrogens (tertiary/aromatic N) is 2. The fourth-order valence-corrected chi connectivity index (χ4v) is 6.91. The van der Waals surface area contributed by atoms with Gasteiger partial charge in [-0.15, -0.1) is 0 Å². The smallest absolute Gasteiger partial charge is 0.115 e. The molecule has 0 atom stereocenters. The van der Waals surface area contributed by atoms with Gasteiger partial charge < -0.3 is 14.9 Å². The van der Waals surface area contributed by atoms with E-state index in [0.717, 1.165) is 37.3 Å². The van der Waals surface area contributed by atoms with Gasteiger partial charge in [0.2, 0.25) is 0 Å². The van der Waals surface area contributed by atoms with Crippen LogP contribution in [0.5, 0.6) is 5.75 Å². The second-order valence-electron chi connectivity index (χ2n) is 14.4. The van der Waals surface area contributed by atoms with Crippen LogP contribution in [-0.2, 0) is 13.1 Å². The van der Waals surface area contributed by atoms with Gasteiger partial charge in [-0.25, -0.2) is 0 Å². The minimum absolute atomic E-state index is 0.286. The number of aryl methyl sites for hydroxylation is 1. The summed E-state index contributed by atoms with van der Waals surface area (Å²) < 4.78 is 0. The van der Waals surface area contributed by atoms with Gasteiger partial charge in [-0.1, -0.05) is 163 Å². The Kier molecular flexibility index (Phi) is 12.2. The van der Waals surface area contributed by atoms with Crippen molar-refractivity contribution >= 4 is 35.7 Å². The summed E-state index contributed by atoms with van der Waals surface area (Å²) in [6, 6.07) is 60.1. The lowest BCUT2D eigenvalue weighted by Gasteiger charge is -2.23. The maximum absolute atomic E-state index is 9.59. The Labute approximate surface area is 333 Å². The van der Waals surface area contributed by atoms with E-state index in [1.807, 2.05) is 12.1 Å². The molecule has 56 heavy (non-hydrogen) atoms. The van der Waals surface area contributed by atoms with Gasteiger partial charge in [-0.3, -0.25) is 0 Å². The van der Waals surface area contributed by atoms with Crippen molar-refractivity contribution < 1.29 is 5.11 Å². The Morgan fingerprint density at radius 2 is 0.661 bits per heavy atom. The second-order valence-corrected chi connectivity index (χ2v) is 14.4. The van der Waals surface area contributed by atoms with Gasteiger partial charge in [0.05, 0.1) is 0 Å². The van der Waals surface area contributed by atoms with E-state index >= 15 is 0 Å². The summed E-state index contributed by atoms with van der Waals surface area (Å²) in [6.45, 7) is 10.1. The van der Waals surface area contributed by atoms with Crippen molar-refractivity contribution in [1.82, 2.24) is 0 Å². The molecule has 0 saturated carbocycles. The Morgan fingerprint density at radius 3 is 0.982 bits per heavy atom. The summed E-state index contributed by atoms with van der Waals surface area (Å²) in [5.41, 5.74) is 15.8. The van der Waals surface area contributed by atoms with E-state index < -0.39 is 0 Å². The van der Waals surface area contributed by atoms with Crippen molar-refractivity contribution in [1.29, 1.82) is 0 Å². The lowest BCUT2D eigenvalue weighted by atomic mass is 10.0. The van der Waals surface area contributed by atoms with Gasteiger partial charge in [0.25, 0.3) is 0 Å². The normalized spacial score (nSPS) is 11.3. The molecule has 0 saturated heterocycles. The summed E-state index contributed by atoms with van der Waals surface area (Å²) in [5, 5.41) is 9.59. The first-order valence-electron chi connectivity index (χ1n) is 19.6. The molecule has 0 aliphatic rings. The minimum Gasteiger partial charge on any atom is -0.508 e. The van der Waals surface area contributed by atoms with Crippen LogP contribution in [-0.4, -0.2) is 18.2 Å². The standard InChI is InChI=1S/C53H50N2O/c1-4-54(38-45-16-26-48(27-17-45)47-24-6-40(3)7-25-47)51-32-20-43(21-33-51)14-12-41-8-10-42(11-9-41)13-15-44-22-34-52(35-23-44)55(5-2)39-46-18-28-49(29-19-46)50-30-36-53(56)37-31-50/h6-37,56H,4-5,38-39H2,1-3H3. The molecule has 7 aromatic carbocycles. The highest BCUT2D eigenvalue weighted by Crippen LogP contribution is 2.26. The van der Waals surface area contributed by atoms with Gasteiger partial charge >= 0.3 is 0 Å². The summed E-state index contributed by atoms with van der Waals surface area (Å²) in [5.74, 6) is 0.286. The molecule has 0 aliphatic heterocycles. The molecule has 3 heteroatoms. The summed E-state index contributed by atoms with van der Waals surface area (Å²) in [7, 11) is 0. The maximum Gasteiger partial charge on any atom is 0.115 e. The average molecular weight is 731 g/mol. The summed E-state index contributed by atoms with van der Waals surface area (Å²) in [6.07, 6.45) is 8.71. The molecule has 0 aromatic heterocycles. The van der Waals surface area contributed by atoms with Crippen molar-refractivity contribution in [3.63, 3.8) is 0 Å². The Balaban J connectivity index is 0.901. The zero-order valence-electron chi connectivity index (χ0n) is 32.6. The molecular weight excluding hydrogens is 681 g/mol. The highest BCUT2D eigenvalue weighted by molar-refractivity contribution is 5.74. The first-order valence-corrected chi connectivity index (χ1v) is 19.6. The van der Waals surface area contributed by atoms with E-state index in [1.54, 1.807) is 12.1 Å². The number of hydrogen-bond acceptors (Lipinski definition) is 3. The Bertz CT molecular complexity index is 2170. The highest BCUT2D eigenvalue weighted by Gasteiger charge is 2.08. The zero-order chi connectivity index (χ0) is 38.7. The van der Waals surface area contributed by atoms with Crippen LogP contribution in [0.1, 0.15) is 52.8 Å². The predicted molar refractivity (Wildman–Crippen MR) is 241 cm³/mol. The van der Waals surface area contributed by atoms with Gasteiger partial charge in [-0.2, -0.15) is 0 Å². The van der Waals surface area contributed by atoms with Crippen LogP contribution in [0.4, 0.5) is 11.4 Å². The first kappa shape index (κ1) is 37.7. The number of anilines is 2. The molecular formula is C53H50N2O.